The molecular weight excluding hydrogens is 272 g/mol. The fourth-order valence-electron chi connectivity index (χ4n) is 2.06. The number of carbonyl (C=O) groups excluding carboxylic acids is 1. The van der Waals surface area contributed by atoms with E-state index in [4.69, 9.17) is 5.11 Å². The minimum absolute atomic E-state index is 0.0398. The minimum atomic E-state index is -0.894. The lowest BCUT2D eigenvalue weighted by Crippen LogP contribution is -2.43. The van der Waals surface area contributed by atoms with Gasteiger partial charge < -0.3 is 20.3 Å². The van der Waals surface area contributed by atoms with Gasteiger partial charge in [0.1, 0.15) is 0 Å². The van der Waals surface area contributed by atoms with E-state index >= 15 is 0 Å². The lowest BCUT2D eigenvalue weighted by atomic mass is 10.1. The van der Waals surface area contributed by atoms with Crippen LogP contribution in [-0.4, -0.2) is 39.2 Å². The van der Waals surface area contributed by atoms with Gasteiger partial charge in [0.25, 0.3) is 0 Å². The Balaban J connectivity index is 2.12. The van der Waals surface area contributed by atoms with Crippen molar-refractivity contribution in [3.8, 4) is 0 Å². The van der Waals surface area contributed by atoms with Gasteiger partial charge in [0, 0.05) is 31.5 Å². The molecule has 1 heterocycles. The molecule has 7 heteroatoms. The molecule has 2 amide bonds. The highest BCUT2D eigenvalue weighted by Crippen LogP contribution is 2.01. The van der Waals surface area contributed by atoms with E-state index < -0.39 is 5.97 Å². The normalized spacial score (nSPS) is 11.9. The van der Waals surface area contributed by atoms with Crippen molar-refractivity contribution in [2.75, 3.05) is 6.54 Å². The SMILES string of the molecule is CCCC(CC(=O)O)NC(=O)NCCCCn1ccnc1. The second kappa shape index (κ2) is 9.79. The molecule has 0 spiro atoms. The number of carboxylic acid groups (broad SMARTS) is 1. The lowest BCUT2D eigenvalue weighted by molar-refractivity contribution is -0.137. The van der Waals surface area contributed by atoms with Gasteiger partial charge in [-0.3, -0.25) is 4.79 Å². The van der Waals surface area contributed by atoms with Crippen LogP contribution in [0, 0.1) is 0 Å². The number of amides is 2. The molecule has 0 aliphatic heterocycles. The summed E-state index contributed by atoms with van der Waals surface area (Å²) >= 11 is 0. The molecule has 1 atom stereocenters. The summed E-state index contributed by atoms with van der Waals surface area (Å²) in [6, 6.07) is -0.601. The van der Waals surface area contributed by atoms with E-state index in [0.717, 1.165) is 25.8 Å². The number of urea groups is 1. The Bertz CT molecular complexity index is 420. The Kier molecular flexibility index (Phi) is 7.93. The van der Waals surface area contributed by atoms with Crippen LogP contribution in [0.4, 0.5) is 4.79 Å². The number of nitrogens with one attached hydrogen (secondary N) is 2. The number of carbonyl (C=O) groups is 2. The van der Waals surface area contributed by atoms with Crippen LogP contribution >= 0.6 is 0 Å². The summed E-state index contributed by atoms with van der Waals surface area (Å²) in [5.41, 5.74) is 0. The number of carboxylic acids is 1. The Morgan fingerprint density at radius 1 is 1.38 bits per heavy atom. The minimum Gasteiger partial charge on any atom is -0.481 e. The van der Waals surface area contributed by atoms with Crippen LogP contribution in [0.15, 0.2) is 18.7 Å². The van der Waals surface area contributed by atoms with Crippen molar-refractivity contribution >= 4 is 12.0 Å². The summed E-state index contributed by atoms with van der Waals surface area (Å²) in [5, 5.41) is 14.2. The Morgan fingerprint density at radius 2 is 2.19 bits per heavy atom. The van der Waals surface area contributed by atoms with E-state index in [9.17, 15) is 9.59 Å². The third-order valence-electron chi connectivity index (χ3n) is 3.08. The van der Waals surface area contributed by atoms with Gasteiger partial charge in [-0.05, 0) is 19.3 Å². The monoisotopic (exact) mass is 296 g/mol. The highest BCUT2D eigenvalue weighted by Gasteiger charge is 2.14. The molecule has 1 aromatic heterocycles. The first-order valence-electron chi connectivity index (χ1n) is 7.33. The first-order chi connectivity index (χ1) is 10.1. The smallest absolute Gasteiger partial charge is 0.315 e. The second-order valence-electron chi connectivity index (χ2n) is 4.99. The lowest BCUT2D eigenvalue weighted by Gasteiger charge is -2.16. The first kappa shape index (κ1) is 17.0. The summed E-state index contributed by atoms with van der Waals surface area (Å²) in [4.78, 5) is 26.3. The van der Waals surface area contributed by atoms with E-state index in [1.165, 1.54) is 0 Å². The molecule has 0 saturated carbocycles. The predicted molar refractivity (Wildman–Crippen MR) is 78.9 cm³/mol. The molecule has 0 radical (unpaired) electrons. The average Bonchev–Trinajstić information content (AvgIpc) is 2.91. The van der Waals surface area contributed by atoms with Crippen molar-refractivity contribution in [2.45, 2.75) is 51.6 Å². The first-order valence-corrected chi connectivity index (χ1v) is 7.33. The number of rotatable bonds is 10. The Hall–Kier alpha value is -2.05. The number of nitrogens with zero attached hydrogens (tertiary/aromatic N) is 2. The van der Waals surface area contributed by atoms with Gasteiger partial charge in [-0.25, -0.2) is 9.78 Å². The zero-order valence-electron chi connectivity index (χ0n) is 12.4. The maximum absolute atomic E-state index is 11.7. The number of aromatic nitrogens is 2. The molecule has 0 aliphatic rings. The summed E-state index contributed by atoms with van der Waals surface area (Å²) in [6.45, 7) is 3.41. The molecule has 3 N–H and O–H groups in total. The molecule has 1 rings (SSSR count). The van der Waals surface area contributed by atoms with Crippen LogP contribution in [0.3, 0.4) is 0 Å². The quantitative estimate of drug-likeness (QED) is 0.571. The summed E-state index contributed by atoms with van der Waals surface area (Å²) in [5.74, 6) is -0.894. The van der Waals surface area contributed by atoms with Crippen LogP contribution < -0.4 is 10.6 Å². The molecule has 0 aliphatic carbocycles. The summed E-state index contributed by atoms with van der Waals surface area (Å²) < 4.78 is 1.99. The Labute approximate surface area is 124 Å². The molecule has 118 valence electrons. The van der Waals surface area contributed by atoms with Crippen LogP contribution in [0.5, 0.6) is 0 Å². The van der Waals surface area contributed by atoms with Crippen molar-refractivity contribution in [3.63, 3.8) is 0 Å². The van der Waals surface area contributed by atoms with Crippen LogP contribution in [0.1, 0.15) is 39.0 Å². The molecule has 7 nitrogen and oxygen atoms in total. The van der Waals surface area contributed by atoms with Gasteiger partial charge in [0.2, 0.25) is 0 Å². The van der Waals surface area contributed by atoms with Crippen molar-refractivity contribution in [1.29, 1.82) is 0 Å². The van der Waals surface area contributed by atoms with E-state index in [1.807, 2.05) is 17.7 Å². The maximum Gasteiger partial charge on any atom is 0.315 e. The topological polar surface area (TPSA) is 96.3 Å². The van der Waals surface area contributed by atoms with E-state index in [2.05, 4.69) is 15.6 Å². The zero-order chi connectivity index (χ0) is 15.5. The number of aryl methyl sites for hydroxylation is 1. The number of imidazole rings is 1. The standard InChI is InChI=1S/C14H24N4O3/c1-2-5-12(10-13(19)20)17-14(21)16-6-3-4-8-18-9-7-15-11-18/h7,9,11-12H,2-6,8,10H2,1H3,(H,19,20)(H2,16,17,21). The van der Waals surface area contributed by atoms with Gasteiger partial charge in [-0.1, -0.05) is 13.3 Å². The largest absolute Gasteiger partial charge is 0.481 e. The van der Waals surface area contributed by atoms with Crippen molar-refractivity contribution in [3.05, 3.63) is 18.7 Å². The van der Waals surface area contributed by atoms with Gasteiger partial charge in [0.15, 0.2) is 0 Å². The molecule has 0 bridgehead atoms. The van der Waals surface area contributed by atoms with E-state index in [1.54, 1.807) is 12.5 Å². The number of aliphatic carboxylic acids is 1. The number of hydrogen-bond acceptors (Lipinski definition) is 3. The predicted octanol–water partition coefficient (Wildman–Crippen LogP) is 1.61. The van der Waals surface area contributed by atoms with Crippen molar-refractivity contribution in [2.24, 2.45) is 0 Å². The average molecular weight is 296 g/mol. The van der Waals surface area contributed by atoms with Gasteiger partial charge in [-0.15, -0.1) is 0 Å². The maximum atomic E-state index is 11.7. The highest BCUT2D eigenvalue weighted by atomic mass is 16.4. The van der Waals surface area contributed by atoms with Crippen molar-refractivity contribution in [1.82, 2.24) is 20.2 Å². The fraction of sp³-hybridized carbons (Fsp3) is 0.643. The zero-order valence-corrected chi connectivity index (χ0v) is 12.4. The van der Waals surface area contributed by atoms with Crippen LogP contribution in [0.25, 0.3) is 0 Å². The van der Waals surface area contributed by atoms with Crippen LogP contribution in [-0.2, 0) is 11.3 Å². The summed E-state index contributed by atoms with van der Waals surface area (Å²) in [6.07, 6.45) is 8.68. The molecule has 1 unspecified atom stereocenters. The molecule has 0 saturated heterocycles. The molecule has 0 fully saturated rings. The fourth-order valence-corrected chi connectivity index (χ4v) is 2.06. The second-order valence-corrected chi connectivity index (χ2v) is 4.99. The third-order valence-corrected chi connectivity index (χ3v) is 3.08. The van der Waals surface area contributed by atoms with Gasteiger partial charge in [0.05, 0.1) is 12.7 Å². The number of unbranched alkanes of at least 4 members (excludes halogenated alkanes) is 1. The van der Waals surface area contributed by atoms with Crippen molar-refractivity contribution < 1.29 is 14.7 Å². The molecule has 1 aromatic rings. The molecular formula is C14H24N4O3. The van der Waals surface area contributed by atoms with E-state index in [-0.39, 0.29) is 18.5 Å². The Morgan fingerprint density at radius 3 is 2.81 bits per heavy atom. The van der Waals surface area contributed by atoms with Gasteiger partial charge >= 0.3 is 12.0 Å². The van der Waals surface area contributed by atoms with Gasteiger partial charge in [-0.2, -0.15) is 0 Å². The molecule has 0 aromatic carbocycles. The third kappa shape index (κ3) is 7.96. The van der Waals surface area contributed by atoms with E-state index in [0.29, 0.717) is 13.0 Å². The number of hydrogen-bond donors (Lipinski definition) is 3. The summed E-state index contributed by atoms with van der Waals surface area (Å²) in [7, 11) is 0. The van der Waals surface area contributed by atoms with Crippen LogP contribution in [0.2, 0.25) is 0 Å². The highest BCUT2D eigenvalue weighted by molar-refractivity contribution is 5.75. The molecule has 21 heavy (non-hydrogen) atoms.